The second-order valence-corrected chi connectivity index (χ2v) is 13.4. The quantitative estimate of drug-likeness (QED) is 0.187. The van der Waals surface area contributed by atoms with E-state index in [1.54, 1.807) is 0 Å². The number of aromatic nitrogens is 1. The molecule has 2 aliphatic carbocycles. The van der Waals surface area contributed by atoms with Gasteiger partial charge in [-0.2, -0.15) is 0 Å². The maximum atomic E-state index is 2.49. The molecule has 1 aromatic heterocycles. The highest BCUT2D eigenvalue weighted by molar-refractivity contribution is 6.08. The van der Waals surface area contributed by atoms with E-state index >= 15 is 0 Å². The van der Waals surface area contributed by atoms with Gasteiger partial charge in [-0.05, 0) is 79.9 Å². The van der Waals surface area contributed by atoms with Gasteiger partial charge in [0.15, 0.2) is 0 Å². The lowest BCUT2D eigenvalue weighted by Crippen LogP contribution is -2.26. The minimum atomic E-state index is -0.310. The van der Waals surface area contributed by atoms with Crippen molar-refractivity contribution in [1.82, 2.24) is 4.57 Å². The normalized spacial score (nSPS) is 13.4. The maximum absolute atomic E-state index is 2.49. The number of anilines is 1. The highest BCUT2D eigenvalue weighted by atomic mass is 15.1. The Bertz CT molecular complexity index is 2430. The molecule has 0 unspecified atom stereocenters. The molecule has 0 amide bonds. The van der Waals surface area contributed by atoms with Crippen molar-refractivity contribution in [3.05, 3.63) is 197 Å². The zero-order chi connectivity index (χ0) is 31.8. The van der Waals surface area contributed by atoms with E-state index in [2.05, 4.69) is 180 Å². The first-order valence-electron chi connectivity index (χ1n) is 16.9. The summed E-state index contributed by atoms with van der Waals surface area (Å²) in [5.74, 6) is 0. The largest absolute Gasteiger partial charge is 0.370 e. The predicted octanol–water partition coefficient (Wildman–Crippen LogP) is 10.8. The standard InChI is InChI=1S/C46H34N2/c1-47(33-14-12-13-31(27-33)30-48-44-23-10-5-18-38(44)39-19-6-11-24-45(39)48)29-32-25-26-37-36-17-4-9-22-42(36)46(43(37)28-32)40-20-7-2-15-34(40)35-16-3-8-21-41(35)46/h2-28H,29-30H2,1H3. The lowest BCUT2D eigenvalue weighted by Gasteiger charge is -2.31. The molecule has 0 saturated carbocycles. The van der Waals surface area contributed by atoms with Crippen molar-refractivity contribution in [3.8, 4) is 22.3 Å². The molecule has 1 spiro atoms. The van der Waals surface area contributed by atoms with Crippen molar-refractivity contribution in [2.45, 2.75) is 18.5 Å². The van der Waals surface area contributed by atoms with E-state index in [0.29, 0.717) is 0 Å². The van der Waals surface area contributed by atoms with Gasteiger partial charge in [0, 0.05) is 47.6 Å². The van der Waals surface area contributed by atoms with Crippen LogP contribution in [-0.2, 0) is 18.5 Å². The Morgan fingerprint density at radius 3 is 1.58 bits per heavy atom. The average molecular weight is 615 g/mol. The molecule has 48 heavy (non-hydrogen) atoms. The van der Waals surface area contributed by atoms with Crippen LogP contribution in [0.25, 0.3) is 44.1 Å². The molecular formula is C46H34N2. The highest BCUT2D eigenvalue weighted by Gasteiger charge is 2.51. The summed E-state index contributed by atoms with van der Waals surface area (Å²) >= 11 is 0. The number of benzene rings is 7. The maximum Gasteiger partial charge on any atom is 0.0725 e. The third kappa shape index (κ3) is 3.74. The van der Waals surface area contributed by atoms with E-state index in [9.17, 15) is 0 Å². The topological polar surface area (TPSA) is 8.17 Å². The molecular weight excluding hydrogens is 581 g/mol. The second kappa shape index (κ2) is 10.3. The Hall–Kier alpha value is -5.86. The van der Waals surface area contributed by atoms with Crippen LogP contribution in [0.4, 0.5) is 5.69 Å². The van der Waals surface area contributed by atoms with Gasteiger partial charge in [0.25, 0.3) is 0 Å². The van der Waals surface area contributed by atoms with Crippen LogP contribution in [0.1, 0.15) is 33.4 Å². The smallest absolute Gasteiger partial charge is 0.0725 e. The third-order valence-electron chi connectivity index (χ3n) is 10.9. The fourth-order valence-corrected chi connectivity index (χ4v) is 8.85. The minimum absolute atomic E-state index is 0.310. The van der Waals surface area contributed by atoms with Crippen LogP contribution in [0.3, 0.4) is 0 Å². The Balaban J connectivity index is 1.03. The molecule has 0 bridgehead atoms. The number of para-hydroxylation sites is 2. The van der Waals surface area contributed by atoms with Crippen LogP contribution in [0.15, 0.2) is 164 Å². The van der Waals surface area contributed by atoms with Crippen LogP contribution in [0.2, 0.25) is 0 Å². The molecule has 2 nitrogen and oxygen atoms in total. The number of hydrogen-bond acceptors (Lipinski definition) is 1. The van der Waals surface area contributed by atoms with Gasteiger partial charge in [-0.1, -0.05) is 140 Å². The lowest BCUT2D eigenvalue weighted by atomic mass is 9.70. The van der Waals surface area contributed by atoms with Gasteiger partial charge in [-0.25, -0.2) is 0 Å². The number of hydrogen-bond donors (Lipinski definition) is 0. The summed E-state index contributed by atoms with van der Waals surface area (Å²) in [6.45, 7) is 1.65. The van der Waals surface area contributed by atoms with E-state index in [-0.39, 0.29) is 5.41 Å². The van der Waals surface area contributed by atoms with Gasteiger partial charge in [-0.15, -0.1) is 0 Å². The van der Waals surface area contributed by atoms with Crippen LogP contribution >= 0.6 is 0 Å². The molecule has 10 rings (SSSR count). The summed E-state index contributed by atoms with van der Waals surface area (Å²) in [4.78, 5) is 2.39. The van der Waals surface area contributed by atoms with E-state index < -0.39 is 0 Å². The van der Waals surface area contributed by atoms with E-state index in [1.165, 1.54) is 83.1 Å². The summed E-state index contributed by atoms with van der Waals surface area (Å²) in [5, 5.41) is 2.62. The molecule has 0 radical (unpaired) electrons. The molecule has 2 aliphatic rings. The molecule has 0 atom stereocenters. The fourth-order valence-electron chi connectivity index (χ4n) is 8.85. The van der Waals surface area contributed by atoms with Gasteiger partial charge >= 0.3 is 0 Å². The van der Waals surface area contributed by atoms with Crippen molar-refractivity contribution in [2.75, 3.05) is 11.9 Å². The summed E-state index contributed by atoms with van der Waals surface area (Å²) < 4.78 is 2.46. The van der Waals surface area contributed by atoms with Crippen molar-refractivity contribution < 1.29 is 0 Å². The molecule has 7 aromatic carbocycles. The Morgan fingerprint density at radius 1 is 0.458 bits per heavy atom. The van der Waals surface area contributed by atoms with Crippen molar-refractivity contribution in [3.63, 3.8) is 0 Å². The average Bonchev–Trinajstić information content (AvgIpc) is 3.74. The molecule has 0 saturated heterocycles. The van der Waals surface area contributed by atoms with Crippen molar-refractivity contribution in [1.29, 1.82) is 0 Å². The van der Waals surface area contributed by atoms with Gasteiger partial charge in [-0.3, -0.25) is 0 Å². The predicted molar refractivity (Wildman–Crippen MR) is 200 cm³/mol. The zero-order valence-electron chi connectivity index (χ0n) is 26.9. The first-order valence-corrected chi connectivity index (χ1v) is 16.9. The molecule has 8 aromatic rings. The van der Waals surface area contributed by atoms with Crippen LogP contribution in [0.5, 0.6) is 0 Å². The van der Waals surface area contributed by atoms with Crippen LogP contribution in [0, 0.1) is 0 Å². The molecule has 2 heteroatoms. The van der Waals surface area contributed by atoms with E-state index in [4.69, 9.17) is 0 Å². The molecule has 0 fully saturated rings. The van der Waals surface area contributed by atoms with Crippen molar-refractivity contribution in [2.24, 2.45) is 0 Å². The van der Waals surface area contributed by atoms with Crippen LogP contribution in [-0.4, -0.2) is 11.6 Å². The highest BCUT2D eigenvalue weighted by Crippen LogP contribution is 2.62. The zero-order valence-corrected chi connectivity index (χ0v) is 26.9. The van der Waals surface area contributed by atoms with E-state index in [1.807, 2.05) is 0 Å². The van der Waals surface area contributed by atoms with Gasteiger partial charge in [0.2, 0.25) is 0 Å². The molecule has 0 aliphatic heterocycles. The Morgan fingerprint density at radius 2 is 0.979 bits per heavy atom. The van der Waals surface area contributed by atoms with Gasteiger partial charge < -0.3 is 9.47 Å². The molecule has 1 heterocycles. The number of fused-ring (bicyclic) bond motifs is 13. The van der Waals surface area contributed by atoms with Crippen molar-refractivity contribution >= 4 is 27.5 Å². The Labute approximate surface area is 281 Å². The Kier molecular flexibility index (Phi) is 5.86. The van der Waals surface area contributed by atoms with E-state index in [0.717, 1.165) is 13.1 Å². The summed E-state index contributed by atoms with van der Waals surface area (Å²) in [6, 6.07) is 60.9. The summed E-state index contributed by atoms with van der Waals surface area (Å²) in [6.07, 6.45) is 0. The first kappa shape index (κ1) is 27.3. The monoisotopic (exact) mass is 614 g/mol. The van der Waals surface area contributed by atoms with Gasteiger partial charge in [0.05, 0.1) is 5.41 Å². The third-order valence-corrected chi connectivity index (χ3v) is 10.9. The fraction of sp³-hybridized carbons (Fsp3) is 0.0870. The number of nitrogens with zero attached hydrogens (tertiary/aromatic N) is 2. The lowest BCUT2D eigenvalue weighted by molar-refractivity contribution is 0.789. The SMILES string of the molecule is CN(Cc1ccc2c(c1)C1(c3ccccc3-c3ccccc31)c1ccccc1-2)c1cccc(Cn2c3ccccc3c3ccccc32)c1. The van der Waals surface area contributed by atoms with Gasteiger partial charge in [0.1, 0.15) is 0 Å². The number of rotatable bonds is 5. The molecule has 0 N–H and O–H groups in total. The summed E-state index contributed by atoms with van der Waals surface area (Å²) in [7, 11) is 2.22. The summed E-state index contributed by atoms with van der Waals surface area (Å²) in [5.41, 5.74) is 17.0. The van der Waals surface area contributed by atoms with Crippen LogP contribution < -0.4 is 4.90 Å². The first-order chi connectivity index (χ1) is 23.7. The molecule has 228 valence electrons. The minimum Gasteiger partial charge on any atom is -0.370 e. The second-order valence-electron chi connectivity index (χ2n) is 13.4.